The van der Waals surface area contributed by atoms with Gasteiger partial charge in [-0.25, -0.2) is 24.8 Å². The molecular formula is C8H10N2O4. The van der Waals surface area contributed by atoms with Gasteiger partial charge in [-0.15, -0.1) is 0 Å². The molecule has 1 unspecified atom stereocenters. The van der Waals surface area contributed by atoms with Crippen LogP contribution < -0.4 is 0 Å². The molecule has 0 aromatic carbocycles. The number of nitrogens with one attached hydrogen (secondary N) is 1. The molecule has 0 heterocycles. The van der Waals surface area contributed by atoms with Crippen molar-refractivity contribution in [3.05, 3.63) is 12.7 Å². The summed E-state index contributed by atoms with van der Waals surface area (Å²) >= 11 is 0. The third-order valence-corrected chi connectivity index (χ3v) is 0.897. The summed E-state index contributed by atoms with van der Waals surface area (Å²) in [7, 11) is 0. The van der Waals surface area contributed by atoms with Crippen LogP contribution in [0, 0.1) is 5.41 Å². The van der Waals surface area contributed by atoms with Gasteiger partial charge < -0.3 is 4.74 Å². The largest absolute Gasteiger partial charge is 0.458 e. The van der Waals surface area contributed by atoms with Gasteiger partial charge in [0.25, 0.3) is 0 Å². The second-order valence-electron chi connectivity index (χ2n) is 1.99. The van der Waals surface area contributed by atoms with E-state index in [9.17, 15) is 9.59 Å². The van der Waals surface area contributed by atoms with Gasteiger partial charge in [-0.05, 0) is 6.92 Å². The van der Waals surface area contributed by atoms with E-state index in [0.29, 0.717) is 0 Å². The minimum absolute atomic E-state index is 0.142. The molecule has 0 bridgehead atoms. The molecule has 0 spiro atoms. The molecule has 6 nitrogen and oxygen atoms in total. The van der Waals surface area contributed by atoms with Gasteiger partial charge in [0.2, 0.25) is 12.2 Å². The van der Waals surface area contributed by atoms with Crippen LogP contribution in [0.2, 0.25) is 0 Å². The molecule has 0 saturated carbocycles. The Labute approximate surface area is 80.8 Å². The highest BCUT2D eigenvalue weighted by Gasteiger charge is 2.03. The van der Waals surface area contributed by atoms with Crippen molar-refractivity contribution in [2.24, 2.45) is 4.99 Å². The van der Waals surface area contributed by atoms with E-state index in [-0.39, 0.29) is 6.54 Å². The normalized spacial score (nSPS) is 9.21. The Bertz CT molecular complexity index is 263. The zero-order valence-electron chi connectivity index (χ0n) is 7.65. The lowest BCUT2D eigenvalue weighted by Crippen LogP contribution is -2.15. The zero-order chi connectivity index (χ0) is 11.4. The van der Waals surface area contributed by atoms with Crippen molar-refractivity contribution in [2.45, 2.75) is 13.0 Å². The average Bonchev–Trinajstić information content (AvgIpc) is 2.15. The van der Waals surface area contributed by atoms with Gasteiger partial charge in [0.05, 0.1) is 6.54 Å². The van der Waals surface area contributed by atoms with Crippen LogP contribution in [-0.4, -0.2) is 30.8 Å². The third kappa shape index (κ3) is 12.6. The summed E-state index contributed by atoms with van der Waals surface area (Å²) < 4.78 is 4.67. The van der Waals surface area contributed by atoms with Crippen molar-refractivity contribution in [1.82, 2.24) is 0 Å². The van der Waals surface area contributed by atoms with Crippen molar-refractivity contribution in [3.63, 3.8) is 0 Å². The van der Waals surface area contributed by atoms with Crippen LogP contribution in [0.5, 0.6) is 0 Å². The Hall–Kier alpha value is -2.03. The minimum Gasteiger partial charge on any atom is -0.458 e. The summed E-state index contributed by atoms with van der Waals surface area (Å²) in [5.74, 6) is -0.515. The lowest BCUT2D eigenvalue weighted by atomic mass is 10.4. The highest BCUT2D eigenvalue weighted by molar-refractivity contribution is 5.81. The lowest BCUT2D eigenvalue weighted by molar-refractivity contribution is -0.141. The zero-order valence-corrected chi connectivity index (χ0v) is 7.65. The van der Waals surface area contributed by atoms with Gasteiger partial charge >= 0.3 is 5.97 Å². The number of hydrogen-bond acceptors (Lipinski definition) is 6. The first-order valence-electron chi connectivity index (χ1n) is 3.52. The lowest BCUT2D eigenvalue weighted by Gasteiger charge is -2.06. The molecule has 0 aliphatic rings. The first-order chi connectivity index (χ1) is 6.62. The monoisotopic (exact) mass is 198 g/mol. The minimum atomic E-state index is -0.515. The fourth-order valence-corrected chi connectivity index (χ4v) is 0.449. The Morgan fingerprint density at radius 2 is 2.21 bits per heavy atom. The van der Waals surface area contributed by atoms with Gasteiger partial charge in [-0.2, -0.15) is 0 Å². The van der Waals surface area contributed by atoms with Crippen molar-refractivity contribution in [1.29, 1.82) is 5.41 Å². The number of carbonyl (C=O) groups is 1. The number of esters is 1. The number of isocyanates is 2. The van der Waals surface area contributed by atoms with E-state index in [1.165, 1.54) is 6.08 Å². The van der Waals surface area contributed by atoms with Crippen LogP contribution in [0.25, 0.3) is 0 Å². The standard InChI is InChI=1S/C7H9NO3.CHNO/c1-3-7(10)11-6(2)4-8-5-9;2-1-3/h3,6H,1,4H2,2H3;2H. The molecule has 0 saturated heterocycles. The summed E-state index contributed by atoms with van der Waals surface area (Å²) in [6.07, 6.45) is 2.75. The fourth-order valence-electron chi connectivity index (χ4n) is 0.449. The molecule has 1 N–H and O–H groups in total. The average molecular weight is 198 g/mol. The van der Waals surface area contributed by atoms with E-state index in [0.717, 1.165) is 12.2 Å². The maximum Gasteiger partial charge on any atom is 0.330 e. The molecule has 0 radical (unpaired) electrons. The second kappa shape index (κ2) is 11.0. The SMILES string of the molecule is C=CC(=O)OC(C)CN=C=O.N=C=O. The van der Waals surface area contributed by atoms with Crippen LogP contribution in [0.4, 0.5) is 0 Å². The molecule has 1 atom stereocenters. The first-order valence-corrected chi connectivity index (χ1v) is 3.52. The van der Waals surface area contributed by atoms with Gasteiger partial charge in [0, 0.05) is 6.08 Å². The van der Waals surface area contributed by atoms with E-state index in [2.05, 4.69) is 16.3 Å². The molecule has 14 heavy (non-hydrogen) atoms. The number of rotatable bonds is 4. The number of nitrogens with zero attached hydrogens (tertiary/aromatic N) is 1. The maximum absolute atomic E-state index is 10.5. The Kier molecular flexibility index (Phi) is 11.4. The van der Waals surface area contributed by atoms with Gasteiger partial charge in [0.1, 0.15) is 6.10 Å². The Morgan fingerprint density at radius 1 is 1.71 bits per heavy atom. The van der Waals surface area contributed by atoms with Gasteiger partial charge in [0.15, 0.2) is 0 Å². The molecule has 0 aliphatic heterocycles. The van der Waals surface area contributed by atoms with Crippen molar-refractivity contribution in [2.75, 3.05) is 6.54 Å². The van der Waals surface area contributed by atoms with Crippen molar-refractivity contribution in [3.8, 4) is 0 Å². The van der Waals surface area contributed by atoms with Gasteiger partial charge in [-0.1, -0.05) is 6.58 Å². The first kappa shape index (κ1) is 14.5. The molecule has 0 aliphatic carbocycles. The highest BCUT2D eigenvalue weighted by Crippen LogP contribution is 1.91. The molecule has 0 fully saturated rings. The number of aliphatic imine (C=N–C) groups is 1. The summed E-state index contributed by atoms with van der Waals surface area (Å²) in [6, 6.07) is 0. The summed E-state index contributed by atoms with van der Waals surface area (Å²) in [4.78, 5) is 31.7. The maximum atomic E-state index is 10.5. The predicted molar refractivity (Wildman–Crippen MR) is 47.2 cm³/mol. The topological polar surface area (TPSA) is 96.7 Å². The number of carbonyl (C=O) groups excluding carboxylic acids is 3. The molecule has 76 valence electrons. The molecule has 0 amide bonds. The smallest absolute Gasteiger partial charge is 0.330 e. The third-order valence-electron chi connectivity index (χ3n) is 0.897. The summed E-state index contributed by atoms with van der Waals surface area (Å²) in [5.41, 5.74) is 0. The van der Waals surface area contributed by atoms with Crippen LogP contribution >= 0.6 is 0 Å². The predicted octanol–water partition coefficient (Wildman–Crippen LogP) is 0.341. The summed E-state index contributed by atoms with van der Waals surface area (Å²) in [6.45, 7) is 4.98. The fraction of sp³-hybridized carbons (Fsp3) is 0.375. The summed E-state index contributed by atoms with van der Waals surface area (Å²) in [5, 5.41) is 5.40. The van der Waals surface area contributed by atoms with Gasteiger partial charge in [-0.3, -0.25) is 0 Å². The molecule has 6 heteroatoms. The molecular weight excluding hydrogens is 188 g/mol. The Balaban J connectivity index is 0. The molecule has 0 aromatic heterocycles. The van der Waals surface area contributed by atoms with Crippen LogP contribution in [0.15, 0.2) is 17.6 Å². The Morgan fingerprint density at radius 3 is 2.57 bits per heavy atom. The molecule has 0 aromatic rings. The van der Waals surface area contributed by atoms with E-state index >= 15 is 0 Å². The molecule has 0 rings (SSSR count). The quantitative estimate of drug-likeness (QED) is 0.305. The number of hydrogen-bond donors (Lipinski definition) is 1. The van der Waals surface area contributed by atoms with E-state index in [1.807, 2.05) is 0 Å². The van der Waals surface area contributed by atoms with Crippen LogP contribution in [-0.2, 0) is 19.1 Å². The highest BCUT2D eigenvalue weighted by atomic mass is 16.5. The number of ether oxygens (including phenoxy) is 1. The van der Waals surface area contributed by atoms with Crippen LogP contribution in [0.3, 0.4) is 0 Å². The van der Waals surface area contributed by atoms with E-state index in [1.54, 1.807) is 6.92 Å². The van der Waals surface area contributed by atoms with Crippen LogP contribution in [0.1, 0.15) is 6.92 Å². The second-order valence-corrected chi connectivity index (χ2v) is 1.99. The van der Waals surface area contributed by atoms with E-state index < -0.39 is 12.1 Å². The van der Waals surface area contributed by atoms with Crippen molar-refractivity contribution >= 4 is 18.1 Å². The van der Waals surface area contributed by atoms with E-state index in [4.69, 9.17) is 10.2 Å². The van der Waals surface area contributed by atoms with Crippen molar-refractivity contribution < 1.29 is 19.1 Å².